The Morgan fingerprint density at radius 2 is 2.23 bits per heavy atom. The van der Waals surface area contributed by atoms with Gasteiger partial charge in [0, 0.05) is 32.7 Å². The normalized spacial score (nSPS) is 24.5. The molecule has 1 atom stereocenters. The molecule has 0 saturated carbocycles. The SMILES string of the molecule is CCO[C@H]1COC2(CCN(Cc3cccc(C#N)c3)CC2)C1. The van der Waals surface area contributed by atoms with Gasteiger partial charge in [-0.1, -0.05) is 12.1 Å². The Morgan fingerprint density at radius 1 is 1.41 bits per heavy atom. The summed E-state index contributed by atoms with van der Waals surface area (Å²) in [6, 6.07) is 10.1. The average Bonchev–Trinajstić information content (AvgIpc) is 2.93. The van der Waals surface area contributed by atoms with E-state index >= 15 is 0 Å². The largest absolute Gasteiger partial charge is 0.376 e. The standard InChI is InChI=1S/C18H24N2O2/c1-2-21-17-11-18(22-14-17)6-8-20(9-7-18)13-16-5-3-4-15(10-16)12-19/h3-5,10,17H,2,6-9,11,13-14H2,1H3/t17-/m1/s1. The molecule has 3 rings (SSSR count). The zero-order valence-corrected chi connectivity index (χ0v) is 13.3. The molecule has 0 unspecified atom stereocenters. The maximum atomic E-state index is 8.98. The number of benzene rings is 1. The van der Waals surface area contributed by atoms with Gasteiger partial charge in [0.2, 0.25) is 0 Å². The maximum Gasteiger partial charge on any atom is 0.0991 e. The maximum absolute atomic E-state index is 8.98. The van der Waals surface area contributed by atoms with Gasteiger partial charge in [-0.3, -0.25) is 4.90 Å². The summed E-state index contributed by atoms with van der Waals surface area (Å²) in [5.74, 6) is 0. The number of rotatable bonds is 4. The highest BCUT2D eigenvalue weighted by Gasteiger charge is 2.42. The quantitative estimate of drug-likeness (QED) is 0.857. The molecule has 1 aromatic rings. The third-order valence-corrected chi connectivity index (χ3v) is 4.81. The molecule has 0 bridgehead atoms. The third kappa shape index (κ3) is 3.49. The molecule has 2 fully saturated rings. The predicted molar refractivity (Wildman–Crippen MR) is 84.4 cm³/mol. The van der Waals surface area contributed by atoms with Gasteiger partial charge in [-0.25, -0.2) is 0 Å². The molecule has 4 heteroatoms. The molecule has 0 amide bonds. The minimum absolute atomic E-state index is 0.0465. The Hall–Kier alpha value is -1.41. The van der Waals surface area contributed by atoms with Crippen LogP contribution in [0.25, 0.3) is 0 Å². The molecule has 4 nitrogen and oxygen atoms in total. The average molecular weight is 300 g/mol. The van der Waals surface area contributed by atoms with Crippen LogP contribution >= 0.6 is 0 Å². The van der Waals surface area contributed by atoms with Crippen molar-refractivity contribution in [3.05, 3.63) is 35.4 Å². The number of nitrogens with zero attached hydrogens (tertiary/aromatic N) is 2. The van der Waals surface area contributed by atoms with Crippen molar-refractivity contribution >= 4 is 0 Å². The summed E-state index contributed by atoms with van der Waals surface area (Å²) in [6.45, 7) is 6.58. The van der Waals surface area contributed by atoms with Crippen LogP contribution in [-0.2, 0) is 16.0 Å². The fraction of sp³-hybridized carbons (Fsp3) is 0.611. The molecule has 2 heterocycles. The highest BCUT2D eigenvalue weighted by molar-refractivity contribution is 5.32. The van der Waals surface area contributed by atoms with Gasteiger partial charge in [-0.2, -0.15) is 5.26 Å². The minimum atomic E-state index is 0.0465. The molecule has 118 valence electrons. The smallest absolute Gasteiger partial charge is 0.0991 e. The molecule has 2 aliphatic heterocycles. The van der Waals surface area contributed by atoms with E-state index in [-0.39, 0.29) is 11.7 Å². The summed E-state index contributed by atoms with van der Waals surface area (Å²) >= 11 is 0. The van der Waals surface area contributed by atoms with Crippen molar-refractivity contribution in [2.45, 2.75) is 44.4 Å². The van der Waals surface area contributed by atoms with Gasteiger partial charge in [0.1, 0.15) is 0 Å². The molecule has 1 aromatic carbocycles. The van der Waals surface area contributed by atoms with Crippen LogP contribution < -0.4 is 0 Å². The highest BCUT2D eigenvalue weighted by Crippen LogP contribution is 2.37. The lowest BCUT2D eigenvalue weighted by molar-refractivity contribution is -0.0464. The van der Waals surface area contributed by atoms with Crippen molar-refractivity contribution in [2.24, 2.45) is 0 Å². The number of nitriles is 1. The van der Waals surface area contributed by atoms with Crippen LogP contribution in [0.3, 0.4) is 0 Å². The summed E-state index contributed by atoms with van der Waals surface area (Å²) in [5, 5.41) is 8.98. The van der Waals surface area contributed by atoms with E-state index in [0.717, 1.165) is 57.7 Å². The van der Waals surface area contributed by atoms with E-state index in [2.05, 4.69) is 17.0 Å². The van der Waals surface area contributed by atoms with Crippen LogP contribution in [0, 0.1) is 11.3 Å². The van der Waals surface area contributed by atoms with Crippen molar-refractivity contribution in [3.63, 3.8) is 0 Å². The monoisotopic (exact) mass is 300 g/mol. The third-order valence-electron chi connectivity index (χ3n) is 4.81. The van der Waals surface area contributed by atoms with Crippen LogP contribution in [0.1, 0.15) is 37.3 Å². The lowest BCUT2D eigenvalue weighted by atomic mass is 9.88. The first kappa shape index (κ1) is 15.5. The van der Waals surface area contributed by atoms with Crippen LogP contribution in [0.4, 0.5) is 0 Å². The molecule has 2 saturated heterocycles. The van der Waals surface area contributed by atoms with Gasteiger partial charge in [0.15, 0.2) is 0 Å². The summed E-state index contributed by atoms with van der Waals surface area (Å²) in [4.78, 5) is 2.46. The lowest BCUT2D eigenvalue weighted by Crippen LogP contribution is -2.43. The summed E-state index contributed by atoms with van der Waals surface area (Å²) < 4.78 is 11.8. The molecular formula is C18H24N2O2. The molecule has 22 heavy (non-hydrogen) atoms. The van der Waals surface area contributed by atoms with E-state index in [1.165, 1.54) is 5.56 Å². The number of hydrogen-bond acceptors (Lipinski definition) is 4. The first-order chi connectivity index (χ1) is 10.7. The molecule has 2 aliphatic rings. The van der Waals surface area contributed by atoms with Crippen LogP contribution in [0.2, 0.25) is 0 Å². The summed E-state index contributed by atoms with van der Waals surface area (Å²) in [7, 11) is 0. The van der Waals surface area contributed by atoms with Crippen molar-refractivity contribution in [1.29, 1.82) is 5.26 Å². The number of piperidine rings is 1. The Bertz CT molecular complexity index is 544. The molecule has 0 N–H and O–H groups in total. The molecular weight excluding hydrogens is 276 g/mol. The van der Waals surface area contributed by atoms with Crippen molar-refractivity contribution in [1.82, 2.24) is 4.90 Å². The second-order valence-electron chi connectivity index (χ2n) is 6.36. The van der Waals surface area contributed by atoms with E-state index in [1.807, 2.05) is 25.1 Å². The van der Waals surface area contributed by atoms with Gasteiger partial charge < -0.3 is 9.47 Å². The van der Waals surface area contributed by atoms with E-state index in [4.69, 9.17) is 14.7 Å². The molecule has 0 radical (unpaired) electrons. The Labute approximate surface area is 132 Å². The Balaban J connectivity index is 1.53. The van der Waals surface area contributed by atoms with E-state index in [0.29, 0.717) is 0 Å². The van der Waals surface area contributed by atoms with Crippen molar-refractivity contribution < 1.29 is 9.47 Å². The first-order valence-corrected chi connectivity index (χ1v) is 8.20. The Morgan fingerprint density at radius 3 is 2.95 bits per heavy atom. The molecule has 0 aliphatic carbocycles. The van der Waals surface area contributed by atoms with E-state index < -0.39 is 0 Å². The van der Waals surface area contributed by atoms with Gasteiger partial charge in [0.05, 0.1) is 29.9 Å². The van der Waals surface area contributed by atoms with Gasteiger partial charge >= 0.3 is 0 Å². The second kappa shape index (κ2) is 6.78. The van der Waals surface area contributed by atoms with E-state index in [9.17, 15) is 0 Å². The van der Waals surface area contributed by atoms with Gasteiger partial charge in [0.25, 0.3) is 0 Å². The number of hydrogen-bond donors (Lipinski definition) is 0. The summed E-state index contributed by atoms with van der Waals surface area (Å²) in [5.41, 5.74) is 2.00. The van der Waals surface area contributed by atoms with Crippen molar-refractivity contribution in [2.75, 3.05) is 26.3 Å². The lowest BCUT2D eigenvalue weighted by Gasteiger charge is -2.38. The highest BCUT2D eigenvalue weighted by atomic mass is 16.6. The zero-order chi connectivity index (χ0) is 15.4. The zero-order valence-electron chi connectivity index (χ0n) is 13.3. The van der Waals surface area contributed by atoms with Crippen LogP contribution in [0.5, 0.6) is 0 Å². The fourth-order valence-electron chi connectivity index (χ4n) is 3.61. The molecule has 0 aromatic heterocycles. The fourth-order valence-corrected chi connectivity index (χ4v) is 3.61. The summed E-state index contributed by atoms with van der Waals surface area (Å²) in [6.07, 6.45) is 3.48. The minimum Gasteiger partial charge on any atom is -0.376 e. The Kier molecular flexibility index (Phi) is 4.77. The predicted octanol–water partition coefficient (Wildman–Crippen LogP) is 2.72. The first-order valence-electron chi connectivity index (χ1n) is 8.20. The number of ether oxygens (including phenoxy) is 2. The van der Waals surface area contributed by atoms with E-state index in [1.54, 1.807) is 0 Å². The topological polar surface area (TPSA) is 45.5 Å². The molecule has 1 spiro atoms. The van der Waals surface area contributed by atoms with Gasteiger partial charge in [-0.05, 0) is 37.5 Å². The van der Waals surface area contributed by atoms with Crippen LogP contribution in [0.15, 0.2) is 24.3 Å². The second-order valence-corrected chi connectivity index (χ2v) is 6.36. The van der Waals surface area contributed by atoms with Crippen LogP contribution in [-0.4, -0.2) is 42.9 Å². The van der Waals surface area contributed by atoms with Crippen molar-refractivity contribution in [3.8, 4) is 6.07 Å². The van der Waals surface area contributed by atoms with Gasteiger partial charge in [-0.15, -0.1) is 0 Å². The number of likely N-dealkylation sites (tertiary alicyclic amines) is 1.